The summed E-state index contributed by atoms with van der Waals surface area (Å²) in [6.45, 7) is 0.978. The summed E-state index contributed by atoms with van der Waals surface area (Å²) >= 11 is 7.38. The smallest absolute Gasteiger partial charge is 0.190 e. The molecule has 1 aromatic rings. The molecular formula is C10H14ClN3S. The summed E-state index contributed by atoms with van der Waals surface area (Å²) in [5.41, 5.74) is 0. The summed E-state index contributed by atoms with van der Waals surface area (Å²) in [5, 5.41) is 4.50. The summed E-state index contributed by atoms with van der Waals surface area (Å²) < 4.78 is 0. The van der Waals surface area contributed by atoms with E-state index >= 15 is 0 Å². The van der Waals surface area contributed by atoms with E-state index in [0.29, 0.717) is 5.15 Å². The first kappa shape index (κ1) is 11.0. The maximum Gasteiger partial charge on any atom is 0.190 e. The fourth-order valence-corrected chi connectivity index (χ4v) is 2.00. The van der Waals surface area contributed by atoms with E-state index in [1.807, 2.05) is 6.26 Å². The van der Waals surface area contributed by atoms with Crippen LogP contribution in [0.1, 0.15) is 19.3 Å². The lowest BCUT2D eigenvalue weighted by molar-refractivity contribution is 0.756. The molecule has 0 unspecified atom stereocenters. The van der Waals surface area contributed by atoms with Crippen LogP contribution in [0.5, 0.6) is 0 Å². The second kappa shape index (κ2) is 5.03. The van der Waals surface area contributed by atoms with E-state index in [9.17, 15) is 0 Å². The van der Waals surface area contributed by atoms with Gasteiger partial charge in [-0.25, -0.2) is 9.97 Å². The predicted molar refractivity (Wildman–Crippen MR) is 64.7 cm³/mol. The first-order chi connectivity index (χ1) is 7.28. The van der Waals surface area contributed by atoms with Gasteiger partial charge in [0.25, 0.3) is 0 Å². The van der Waals surface area contributed by atoms with E-state index in [2.05, 4.69) is 15.3 Å². The normalized spacial score (nSPS) is 15.3. The second-order valence-corrected chi connectivity index (χ2v) is 4.88. The summed E-state index contributed by atoms with van der Waals surface area (Å²) in [6, 6.07) is 1.77. The van der Waals surface area contributed by atoms with Gasteiger partial charge in [0.2, 0.25) is 0 Å². The van der Waals surface area contributed by atoms with Gasteiger partial charge < -0.3 is 5.32 Å². The van der Waals surface area contributed by atoms with Crippen molar-refractivity contribution in [2.75, 3.05) is 18.1 Å². The van der Waals surface area contributed by atoms with Crippen molar-refractivity contribution in [1.82, 2.24) is 9.97 Å². The molecule has 1 saturated carbocycles. The molecule has 2 rings (SSSR count). The van der Waals surface area contributed by atoms with Gasteiger partial charge in [-0.2, -0.15) is 0 Å². The number of hydrogen-bond donors (Lipinski definition) is 1. The third kappa shape index (κ3) is 3.54. The van der Waals surface area contributed by atoms with E-state index in [-0.39, 0.29) is 0 Å². The third-order valence-corrected chi connectivity index (χ3v) is 3.15. The number of hydrogen-bond acceptors (Lipinski definition) is 4. The van der Waals surface area contributed by atoms with E-state index in [0.717, 1.165) is 23.4 Å². The van der Waals surface area contributed by atoms with Gasteiger partial charge in [-0.3, -0.25) is 0 Å². The number of halogens is 1. The molecule has 1 N–H and O–H groups in total. The molecule has 1 aliphatic rings. The van der Waals surface area contributed by atoms with Crippen LogP contribution in [-0.2, 0) is 0 Å². The summed E-state index contributed by atoms with van der Waals surface area (Å²) in [4.78, 5) is 8.41. The Morgan fingerprint density at radius 2 is 2.33 bits per heavy atom. The van der Waals surface area contributed by atoms with Crippen LogP contribution >= 0.6 is 23.4 Å². The highest BCUT2D eigenvalue weighted by Crippen LogP contribution is 2.32. The molecule has 0 spiro atoms. The van der Waals surface area contributed by atoms with Crippen LogP contribution in [-0.4, -0.2) is 22.8 Å². The Balaban J connectivity index is 1.90. The largest absolute Gasteiger partial charge is 0.370 e. The highest BCUT2D eigenvalue weighted by molar-refractivity contribution is 7.98. The van der Waals surface area contributed by atoms with E-state index in [1.54, 1.807) is 6.07 Å². The zero-order valence-corrected chi connectivity index (χ0v) is 10.2. The highest BCUT2D eigenvalue weighted by atomic mass is 35.5. The summed E-state index contributed by atoms with van der Waals surface area (Å²) in [7, 11) is 0. The summed E-state index contributed by atoms with van der Waals surface area (Å²) in [6.07, 6.45) is 5.96. The van der Waals surface area contributed by atoms with Crippen molar-refractivity contribution >= 4 is 29.2 Å². The van der Waals surface area contributed by atoms with Gasteiger partial charge in [0.1, 0.15) is 11.0 Å². The minimum Gasteiger partial charge on any atom is -0.370 e. The molecular weight excluding hydrogens is 230 g/mol. The van der Waals surface area contributed by atoms with Gasteiger partial charge >= 0.3 is 0 Å². The summed E-state index contributed by atoms with van der Waals surface area (Å²) in [5.74, 6) is 1.77. The monoisotopic (exact) mass is 243 g/mol. The molecule has 0 bridgehead atoms. The van der Waals surface area contributed by atoms with Crippen LogP contribution in [0.2, 0.25) is 5.15 Å². The first-order valence-corrected chi connectivity index (χ1v) is 6.70. The van der Waals surface area contributed by atoms with Crippen LogP contribution in [0.25, 0.3) is 0 Å². The third-order valence-electron chi connectivity index (χ3n) is 2.41. The Morgan fingerprint density at radius 3 is 3.00 bits per heavy atom. The Labute approximate surface area is 99.0 Å². The van der Waals surface area contributed by atoms with Crippen LogP contribution in [0, 0.1) is 5.92 Å². The Morgan fingerprint density at radius 1 is 1.53 bits per heavy atom. The van der Waals surface area contributed by atoms with E-state index in [1.165, 1.54) is 31.0 Å². The van der Waals surface area contributed by atoms with Crippen LogP contribution < -0.4 is 5.32 Å². The fraction of sp³-hybridized carbons (Fsp3) is 0.600. The number of thioether (sulfide) groups is 1. The lowest BCUT2D eigenvalue weighted by atomic mass is 10.3. The fourth-order valence-electron chi connectivity index (χ4n) is 1.39. The Bertz CT molecular complexity index is 341. The number of nitrogens with one attached hydrogen (secondary N) is 1. The van der Waals surface area contributed by atoms with Crippen molar-refractivity contribution in [1.29, 1.82) is 0 Å². The molecule has 5 heteroatoms. The van der Waals surface area contributed by atoms with Gasteiger partial charge in [-0.1, -0.05) is 36.2 Å². The highest BCUT2D eigenvalue weighted by Gasteiger charge is 2.20. The Kier molecular flexibility index (Phi) is 3.70. The second-order valence-electron chi connectivity index (χ2n) is 3.72. The average molecular weight is 244 g/mol. The number of rotatable bonds is 5. The predicted octanol–water partition coefficient (Wildman–Crippen LogP) is 3.06. The zero-order valence-electron chi connectivity index (χ0n) is 8.66. The molecule has 0 radical (unpaired) electrons. The van der Waals surface area contributed by atoms with Gasteiger partial charge in [-0.05, 0) is 18.6 Å². The molecule has 3 nitrogen and oxygen atoms in total. The minimum absolute atomic E-state index is 0.503. The first-order valence-electron chi connectivity index (χ1n) is 5.10. The number of nitrogens with zero attached hydrogens (tertiary/aromatic N) is 2. The zero-order chi connectivity index (χ0) is 10.7. The van der Waals surface area contributed by atoms with Crippen molar-refractivity contribution in [2.45, 2.75) is 24.4 Å². The molecule has 0 aromatic carbocycles. The van der Waals surface area contributed by atoms with Crippen LogP contribution in [0.15, 0.2) is 11.2 Å². The molecule has 0 atom stereocenters. The maximum absolute atomic E-state index is 5.88. The molecule has 1 aliphatic carbocycles. The van der Waals surface area contributed by atoms with Gasteiger partial charge in [-0.15, -0.1) is 0 Å². The Hall–Kier alpha value is -0.480. The topological polar surface area (TPSA) is 37.8 Å². The van der Waals surface area contributed by atoms with Crippen molar-refractivity contribution in [3.05, 3.63) is 11.2 Å². The molecule has 82 valence electrons. The lowest BCUT2D eigenvalue weighted by Gasteiger charge is -2.06. The molecule has 0 aliphatic heterocycles. The minimum atomic E-state index is 0.503. The SMILES string of the molecule is CSc1nc(Cl)cc(NCCC2CC2)n1. The quantitative estimate of drug-likeness (QED) is 0.490. The lowest BCUT2D eigenvalue weighted by Crippen LogP contribution is -2.05. The van der Waals surface area contributed by atoms with Gasteiger partial charge in [0, 0.05) is 12.6 Å². The average Bonchev–Trinajstić information content (AvgIpc) is 3.01. The molecule has 0 saturated heterocycles. The molecule has 0 amide bonds. The molecule has 1 fully saturated rings. The standard InChI is InChI=1S/C10H14ClN3S/c1-15-10-13-8(11)6-9(14-10)12-5-4-7-2-3-7/h6-7H,2-5H2,1H3,(H,12,13,14). The van der Waals surface area contributed by atoms with Crippen molar-refractivity contribution < 1.29 is 0 Å². The number of aromatic nitrogens is 2. The van der Waals surface area contributed by atoms with Crippen molar-refractivity contribution in [2.24, 2.45) is 5.92 Å². The van der Waals surface area contributed by atoms with Crippen molar-refractivity contribution in [3.63, 3.8) is 0 Å². The molecule has 1 aromatic heterocycles. The van der Waals surface area contributed by atoms with Gasteiger partial charge in [0.05, 0.1) is 0 Å². The maximum atomic E-state index is 5.88. The molecule has 1 heterocycles. The van der Waals surface area contributed by atoms with Crippen LogP contribution in [0.4, 0.5) is 5.82 Å². The van der Waals surface area contributed by atoms with Crippen molar-refractivity contribution in [3.8, 4) is 0 Å². The van der Waals surface area contributed by atoms with Crippen LogP contribution in [0.3, 0.4) is 0 Å². The molecule has 15 heavy (non-hydrogen) atoms. The number of anilines is 1. The van der Waals surface area contributed by atoms with E-state index < -0.39 is 0 Å². The van der Waals surface area contributed by atoms with Gasteiger partial charge in [0.15, 0.2) is 5.16 Å². The van der Waals surface area contributed by atoms with E-state index in [4.69, 9.17) is 11.6 Å².